The van der Waals surface area contributed by atoms with Crippen LogP contribution in [0.4, 0.5) is 0 Å². The molecule has 0 amide bonds. The van der Waals surface area contributed by atoms with Crippen LogP contribution in [0, 0.1) is 5.92 Å². The number of rotatable bonds is 4. The first-order chi connectivity index (χ1) is 7.84. The molecule has 2 saturated carbocycles. The standard InChI is InChI=1S/C13H21N3/c1-10-3-2-4-13(10)16-9-14-7-12(16)8-15-11-5-6-11/h7,9-11,13,15H,2-6,8H2,1H3. The molecule has 2 aliphatic carbocycles. The van der Waals surface area contributed by atoms with Crippen molar-refractivity contribution in [2.45, 2.75) is 57.7 Å². The van der Waals surface area contributed by atoms with Crippen molar-refractivity contribution in [2.24, 2.45) is 5.92 Å². The van der Waals surface area contributed by atoms with Crippen LogP contribution < -0.4 is 5.32 Å². The zero-order chi connectivity index (χ0) is 11.0. The summed E-state index contributed by atoms with van der Waals surface area (Å²) in [4.78, 5) is 4.32. The van der Waals surface area contributed by atoms with E-state index in [1.54, 1.807) is 0 Å². The SMILES string of the molecule is CC1CCCC1n1cncc1CNC1CC1. The van der Waals surface area contributed by atoms with Gasteiger partial charge in [-0.05, 0) is 31.6 Å². The second-order valence-electron chi connectivity index (χ2n) is 5.42. The van der Waals surface area contributed by atoms with E-state index in [0.29, 0.717) is 6.04 Å². The van der Waals surface area contributed by atoms with Crippen LogP contribution in [0.2, 0.25) is 0 Å². The van der Waals surface area contributed by atoms with Crippen molar-refractivity contribution < 1.29 is 0 Å². The second kappa shape index (κ2) is 4.21. The number of hydrogen-bond acceptors (Lipinski definition) is 2. The first kappa shape index (κ1) is 10.3. The van der Waals surface area contributed by atoms with Gasteiger partial charge in [0.25, 0.3) is 0 Å². The number of imidazole rings is 1. The van der Waals surface area contributed by atoms with E-state index in [2.05, 4.69) is 21.8 Å². The van der Waals surface area contributed by atoms with E-state index in [4.69, 9.17) is 0 Å². The molecule has 3 nitrogen and oxygen atoms in total. The van der Waals surface area contributed by atoms with E-state index in [-0.39, 0.29) is 0 Å². The Balaban J connectivity index is 1.70. The van der Waals surface area contributed by atoms with Crippen LogP contribution in [0.25, 0.3) is 0 Å². The lowest BCUT2D eigenvalue weighted by molar-refractivity contribution is 0.394. The zero-order valence-electron chi connectivity index (χ0n) is 10.0. The summed E-state index contributed by atoms with van der Waals surface area (Å²) in [5.41, 5.74) is 1.37. The largest absolute Gasteiger partial charge is 0.330 e. The Labute approximate surface area is 97.3 Å². The van der Waals surface area contributed by atoms with Gasteiger partial charge in [0.05, 0.1) is 12.0 Å². The van der Waals surface area contributed by atoms with Gasteiger partial charge in [-0.25, -0.2) is 4.98 Å². The summed E-state index contributed by atoms with van der Waals surface area (Å²) in [6, 6.07) is 1.47. The van der Waals surface area contributed by atoms with Gasteiger partial charge in [-0.1, -0.05) is 13.3 Å². The Kier molecular flexibility index (Phi) is 2.72. The third kappa shape index (κ3) is 2.01. The smallest absolute Gasteiger partial charge is 0.0951 e. The van der Waals surface area contributed by atoms with Gasteiger partial charge < -0.3 is 9.88 Å². The van der Waals surface area contributed by atoms with E-state index in [0.717, 1.165) is 18.5 Å². The quantitative estimate of drug-likeness (QED) is 0.843. The van der Waals surface area contributed by atoms with Crippen LogP contribution in [0.5, 0.6) is 0 Å². The highest BCUT2D eigenvalue weighted by molar-refractivity contribution is 5.03. The molecule has 1 aromatic heterocycles. The Morgan fingerprint density at radius 2 is 2.25 bits per heavy atom. The first-order valence-electron chi connectivity index (χ1n) is 6.58. The molecule has 1 N–H and O–H groups in total. The molecule has 2 aliphatic rings. The van der Waals surface area contributed by atoms with Crippen LogP contribution in [0.3, 0.4) is 0 Å². The van der Waals surface area contributed by atoms with E-state index >= 15 is 0 Å². The molecule has 0 saturated heterocycles. The van der Waals surface area contributed by atoms with Crippen LogP contribution in [-0.2, 0) is 6.54 Å². The molecule has 88 valence electrons. The van der Waals surface area contributed by atoms with Crippen molar-refractivity contribution in [3.8, 4) is 0 Å². The average Bonchev–Trinajstić information content (AvgIpc) is 2.83. The summed E-state index contributed by atoms with van der Waals surface area (Å²) in [6.45, 7) is 3.36. The van der Waals surface area contributed by atoms with E-state index < -0.39 is 0 Å². The minimum absolute atomic E-state index is 0.693. The summed E-state index contributed by atoms with van der Waals surface area (Å²) in [7, 11) is 0. The maximum atomic E-state index is 4.32. The minimum atomic E-state index is 0.693. The molecule has 16 heavy (non-hydrogen) atoms. The number of aromatic nitrogens is 2. The minimum Gasteiger partial charge on any atom is -0.330 e. The lowest BCUT2D eigenvalue weighted by Gasteiger charge is -2.20. The molecule has 1 aromatic rings. The van der Waals surface area contributed by atoms with Crippen molar-refractivity contribution in [1.82, 2.24) is 14.9 Å². The summed E-state index contributed by atoms with van der Waals surface area (Å²) < 4.78 is 2.41. The summed E-state index contributed by atoms with van der Waals surface area (Å²) >= 11 is 0. The summed E-state index contributed by atoms with van der Waals surface area (Å²) in [5.74, 6) is 0.814. The predicted molar refractivity (Wildman–Crippen MR) is 64.1 cm³/mol. The van der Waals surface area contributed by atoms with Gasteiger partial charge in [0, 0.05) is 24.8 Å². The monoisotopic (exact) mass is 219 g/mol. The maximum Gasteiger partial charge on any atom is 0.0951 e. The van der Waals surface area contributed by atoms with Gasteiger partial charge in [-0.2, -0.15) is 0 Å². The average molecular weight is 219 g/mol. The fraction of sp³-hybridized carbons (Fsp3) is 0.769. The fourth-order valence-corrected chi connectivity index (χ4v) is 2.84. The van der Waals surface area contributed by atoms with Gasteiger partial charge >= 0.3 is 0 Å². The molecule has 0 bridgehead atoms. The molecular weight excluding hydrogens is 198 g/mol. The molecular formula is C13H21N3. The first-order valence-corrected chi connectivity index (χ1v) is 6.58. The van der Waals surface area contributed by atoms with Crippen LogP contribution in [-0.4, -0.2) is 15.6 Å². The molecule has 3 heteroatoms. The van der Waals surface area contributed by atoms with Crippen LogP contribution >= 0.6 is 0 Å². The van der Waals surface area contributed by atoms with Crippen molar-refractivity contribution in [3.05, 3.63) is 18.2 Å². The highest BCUT2D eigenvalue weighted by Crippen LogP contribution is 2.35. The molecule has 0 aromatic carbocycles. The summed E-state index contributed by atoms with van der Waals surface area (Å²) in [5, 5.41) is 3.58. The predicted octanol–water partition coefficient (Wildman–Crippen LogP) is 2.50. The van der Waals surface area contributed by atoms with Crippen LogP contribution in [0.1, 0.15) is 50.8 Å². The number of nitrogens with one attached hydrogen (secondary N) is 1. The molecule has 3 rings (SSSR count). The van der Waals surface area contributed by atoms with Crippen molar-refractivity contribution in [1.29, 1.82) is 0 Å². The normalized spacial score (nSPS) is 29.8. The lowest BCUT2D eigenvalue weighted by Crippen LogP contribution is -2.20. The second-order valence-corrected chi connectivity index (χ2v) is 5.42. The molecule has 0 aliphatic heterocycles. The fourth-order valence-electron chi connectivity index (χ4n) is 2.84. The molecule has 2 atom stereocenters. The zero-order valence-corrected chi connectivity index (χ0v) is 10.0. The molecule has 1 heterocycles. The van der Waals surface area contributed by atoms with Crippen molar-refractivity contribution in [2.75, 3.05) is 0 Å². The van der Waals surface area contributed by atoms with Gasteiger partial charge in [0.2, 0.25) is 0 Å². The third-order valence-corrected chi connectivity index (χ3v) is 4.07. The van der Waals surface area contributed by atoms with Crippen molar-refractivity contribution in [3.63, 3.8) is 0 Å². The maximum absolute atomic E-state index is 4.32. The van der Waals surface area contributed by atoms with Crippen molar-refractivity contribution >= 4 is 0 Å². The van der Waals surface area contributed by atoms with Gasteiger partial charge in [-0.15, -0.1) is 0 Å². The Bertz CT molecular complexity index is 354. The van der Waals surface area contributed by atoms with Crippen LogP contribution in [0.15, 0.2) is 12.5 Å². The molecule has 0 spiro atoms. The highest BCUT2D eigenvalue weighted by Gasteiger charge is 2.27. The Hall–Kier alpha value is -0.830. The Morgan fingerprint density at radius 1 is 1.38 bits per heavy atom. The Morgan fingerprint density at radius 3 is 2.94 bits per heavy atom. The third-order valence-electron chi connectivity index (χ3n) is 4.07. The van der Waals surface area contributed by atoms with Gasteiger partial charge in [0.15, 0.2) is 0 Å². The number of nitrogens with zero attached hydrogens (tertiary/aromatic N) is 2. The number of hydrogen-bond donors (Lipinski definition) is 1. The lowest BCUT2D eigenvalue weighted by atomic mass is 10.1. The van der Waals surface area contributed by atoms with E-state index in [1.165, 1.54) is 37.8 Å². The van der Waals surface area contributed by atoms with E-state index in [1.807, 2.05) is 12.5 Å². The van der Waals surface area contributed by atoms with Gasteiger partial charge in [-0.3, -0.25) is 0 Å². The summed E-state index contributed by atoms with van der Waals surface area (Å²) in [6.07, 6.45) is 10.8. The molecule has 2 unspecified atom stereocenters. The van der Waals surface area contributed by atoms with E-state index in [9.17, 15) is 0 Å². The molecule has 0 radical (unpaired) electrons. The topological polar surface area (TPSA) is 29.9 Å². The highest BCUT2D eigenvalue weighted by atomic mass is 15.1. The van der Waals surface area contributed by atoms with Gasteiger partial charge in [0.1, 0.15) is 0 Å². The molecule has 2 fully saturated rings.